The van der Waals surface area contributed by atoms with Gasteiger partial charge in [0.1, 0.15) is 0 Å². The fourth-order valence-electron chi connectivity index (χ4n) is 2.95. The van der Waals surface area contributed by atoms with Crippen LogP contribution in [0.4, 0.5) is 0 Å². The van der Waals surface area contributed by atoms with Gasteiger partial charge < -0.3 is 15.5 Å². The van der Waals surface area contributed by atoms with Crippen molar-refractivity contribution in [2.75, 3.05) is 45.8 Å². The molecule has 0 radical (unpaired) electrons. The average molecular weight is 310 g/mol. The van der Waals surface area contributed by atoms with Crippen LogP contribution in [0, 0.1) is 5.41 Å². The minimum absolute atomic E-state index is 0.0259. The number of likely N-dealkylation sites (tertiary alicyclic amines) is 1. The number of carbonyl (C=O) groups is 2. The van der Waals surface area contributed by atoms with Gasteiger partial charge in [-0.15, -0.1) is 0 Å². The summed E-state index contributed by atoms with van der Waals surface area (Å²) in [6.07, 6.45) is 2.25. The zero-order chi connectivity index (χ0) is 16.3. The van der Waals surface area contributed by atoms with Gasteiger partial charge in [-0.3, -0.25) is 14.5 Å². The Morgan fingerprint density at radius 3 is 2.00 bits per heavy atom. The van der Waals surface area contributed by atoms with Crippen LogP contribution in [0.1, 0.15) is 33.6 Å². The highest BCUT2D eigenvalue weighted by Crippen LogP contribution is 2.19. The lowest BCUT2D eigenvalue weighted by Gasteiger charge is -2.38. The molecular weight excluding hydrogens is 280 g/mol. The predicted octanol–water partition coefficient (Wildman–Crippen LogP) is 0.126. The predicted molar refractivity (Wildman–Crippen MR) is 86.3 cm³/mol. The topological polar surface area (TPSA) is 69.9 Å². The van der Waals surface area contributed by atoms with Gasteiger partial charge in [0.15, 0.2) is 0 Å². The molecule has 1 atom stereocenters. The summed E-state index contributed by atoms with van der Waals surface area (Å²) in [5, 5.41) is 0. The van der Waals surface area contributed by atoms with E-state index in [1.807, 2.05) is 30.6 Å². The third-order valence-corrected chi connectivity index (χ3v) is 4.70. The molecule has 0 aromatic rings. The van der Waals surface area contributed by atoms with Crippen molar-refractivity contribution in [3.05, 3.63) is 0 Å². The number of amides is 2. The van der Waals surface area contributed by atoms with Crippen LogP contribution in [0.25, 0.3) is 0 Å². The molecule has 0 aromatic carbocycles. The second kappa shape index (κ2) is 6.96. The highest BCUT2D eigenvalue weighted by atomic mass is 16.2. The third-order valence-electron chi connectivity index (χ3n) is 4.70. The molecule has 2 amide bonds. The monoisotopic (exact) mass is 310 g/mol. The third kappa shape index (κ3) is 4.20. The molecule has 0 bridgehead atoms. The molecule has 2 aliphatic rings. The molecule has 6 nitrogen and oxygen atoms in total. The molecule has 2 rings (SSSR count). The van der Waals surface area contributed by atoms with E-state index in [4.69, 9.17) is 5.73 Å². The van der Waals surface area contributed by atoms with Crippen molar-refractivity contribution >= 4 is 11.8 Å². The maximum Gasteiger partial charge on any atom is 0.240 e. The average Bonchev–Trinajstić information content (AvgIpc) is 3.00. The number of piperazine rings is 1. The fraction of sp³-hybridized carbons (Fsp3) is 0.875. The molecule has 126 valence electrons. The maximum absolute atomic E-state index is 12.4. The van der Waals surface area contributed by atoms with E-state index < -0.39 is 6.04 Å². The second-order valence-corrected chi connectivity index (χ2v) is 7.53. The molecule has 0 aliphatic carbocycles. The Bertz CT molecular complexity index is 405. The van der Waals surface area contributed by atoms with E-state index in [0.29, 0.717) is 19.6 Å². The lowest BCUT2D eigenvalue weighted by Crippen LogP contribution is -2.57. The Morgan fingerprint density at radius 1 is 0.955 bits per heavy atom. The lowest BCUT2D eigenvalue weighted by molar-refractivity contribution is -0.137. The first kappa shape index (κ1) is 17.2. The van der Waals surface area contributed by atoms with E-state index in [-0.39, 0.29) is 17.2 Å². The second-order valence-electron chi connectivity index (χ2n) is 7.53. The molecule has 6 heteroatoms. The van der Waals surface area contributed by atoms with Crippen molar-refractivity contribution in [2.24, 2.45) is 11.1 Å². The van der Waals surface area contributed by atoms with Crippen molar-refractivity contribution in [3.8, 4) is 0 Å². The maximum atomic E-state index is 12.4. The summed E-state index contributed by atoms with van der Waals surface area (Å²) in [6.45, 7) is 11.1. The van der Waals surface area contributed by atoms with Gasteiger partial charge in [-0.05, 0) is 18.3 Å². The summed E-state index contributed by atoms with van der Waals surface area (Å²) in [5.74, 6) is 0.252. The SMILES string of the molecule is CC(C)(C)[C@H](N)C(=O)N1CCN(CC(=O)N2CCCC2)CC1. The van der Waals surface area contributed by atoms with Crippen LogP contribution in [-0.2, 0) is 9.59 Å². The van der Waals surface area contributed by atoms with Gasteiger partial charge in [0.05, 0.1) is 12.6 Å². The summed E-state index contributed by atoms with van der Waals surface area (Å²) in [6, 6.07) is -0.467. The van der Waals surface area contributed by atoms with E-state index in [0.717, 1.165) is 39.0 Å². The summed E-state index contributed by atoms with van der Waals surface area (Å²) < 4.78 is 0. The minimum Gasteiger partial charge on any atom is -0.342 e. The number of rotatable bonds is 3. The van der Waals surface area contributed by atoms with Crippen LogP contribution in [0.5, 0.6) is 0 Å². The number of nitrogens with zero attached hydrogens (tertiary/aromatic N) is 3. The van der Waals surface area contributed by atoms with E-state index in [1.54, 1.807) is 0 Å². The molecule has 0 spiro atoms. The lowest BCUT2D eigenvalue weighted by atomic mass is 9.86. The van der Waals surface area contributed by atoms with Crippen LogP contribution >= 0.6 is 0 Å². The first-order valence-corrected chi connectivity index (χ1v) is 8.33. The Morgan fingerprint density at radius 2 is 1.50 bits per heavy atom. The number of hydrogen-bond donors (Lipinski definition) is 1. The summed E-state index contributed by atoms with van der Waals surface area (Å²) in [7, 11) is 0. The molecular formula is C16H30N4O2. The normalized spacial score (nSPS) is 22.0. The fourth-order valence-corrected chi connectivity index (χ4v) is 2.95. The standard InChI is InChI=1S/C16H30N4O2/c1-16(2,3)14(17)15(22)20-10-8-18(9-11-20)12-13(21)19-6-4-5-7-19/h14H,4-12,17H2,1-3H3/t14-/m1/s1. The first-order chi connectivity index (χ1) is 10.3. The number of nitrogens with two attached hydrogens (primary N) is 1. The van der Waals surface area contributed by atoms with Crippen molar-refractivity contribution < 1.29 is 9.59 Å². The van der Waals surface area contributed by atoms with Gasteiger partial charge in [-0.2, -0.15) is 0 Å². The van der Waals surface area contributed by atoms with Gasteiger partial charge >= 0.3 is 0 Å². The van der Waals surface area contributed by atoms with Crippen LogP contribution in [-0.4, -0.2) is 78.4 Å². The molecule has 2 fully saturated rings. The molecule has 2 aliphatic heterocycles. The van der Waals surface area contributed by atoms with E-state index >= 15 is 0 Å². The Labute approximate surface area is 133 Å². The summed E-state index contributed by atoms with van der Waals surface area (Å²) >= 11 is 0. The Hall–Kier alpha value is -1.14. The number of hydrogen-bond acceptors (Lipinski definition) is 4. The quantitative estimate of drug-likeness (QED) is 0.804. The van der Waals surface area contributed by atoms with Gasteiger partial charge in [0.2, 0.25) is 11.8 Å². The first-order valence-electron chi connectivity index (χ1n) is 8.33. The van der Waals surface area contributed by atoms with E-state index in [9.17, 15) is 9.59 Å². The molecule has 2 saturated heterocycles. The molecule has 22 heavy (non-hydrogen) atoms. The highest BCUT2D eigenvalue weighted by molar-refractivity contribution is 5.82. The highest BCUT2D eigenvalue weighted by Gasteiger charge is 2.33. The van der Waals surface area contributed by atoms with Crippen molar-refractivity contribution in [1.29, 1.82) is 0 Å². The molecule has 0 unspecified atom stereocenters. The van der Waals surface area contributed by atoms with Crippen LogP contribution in [0.3, 0.4) is 0 Å². The van der Waals surface area contributed by atoms with Gasteiger partial charge in [0.25, 0.3) is 0 Å². The van der Waals surface area contributed by atoms with E-state index in [2.05, 4.69) is 4.90 Å². The van der Waals surface area contributed by atoms with Crippen LogP contribution in [0.2, 0.25) is 0 Å². The van der Waals surface area contributed by atoms with Crippen molar-refractivity contribution in [3.63, 3.8) is 0 Å². The summed E-state index contributed by atoms with van der Waals surface area (Å²) in [4.78, 5) is 30.5. The summed E-state index contributed by atoms with van der Waals surface area (Å²) in [5.41, 5.74) is 5.84. The van der Waals surface area contributed by atoms with Crippen molar-refractivity contribution in [1.82, 2.24) is 14.7 Å². The minimum atomic E-state index is -0.467. The van der Waals surface area contributed by atoms with Gasteiger partial charge in [0, 0.05) is 39.3 Å². The molecule has 0 saturated carbocycles. The van der Waals surface area contributed by atoms with Crippen LogP contribution < -0.4 is 5.73 Å². The van der Waals surface area contributed by atoms with Crippen molar-refractivity contribution in [2.45, 2.75) is 39.7 Å². The van der Waals surface area contributed by atoms with E-state index in [1.165, 1.54) is 0 Å². The van der Waals surface area contributed by atoms with Gasteiger partial charge in [-0.1, -0.05) is 20.8 Å². The zero-order valence-electron chi connectivity index (χ0n) is 14.2. The number of carbonyl (C=O) groups excluding carboxylic acids is 2. The Kier molecular flexibility index (Phi) is 5.45. The smallest absolute Gasteiger partial charge is 0.240 e. The Balaban J connectivity index is 1.78. The van der Waals surface area contributed by atoms with Crippen LogP contribution in [0.15, 0.2) is 0 Å². The molecule has 2 N–H and O–H groups in total. The molecule has 0 aromatic heterocycles. The zero-order valence-corrected chi connectivity index (χ0v) is 14.2. The van der Waals surface area contributed by atoms with Gasteiger partial charge in [-0.25, -0.2) is 0 Å². The largest absolute Gasteiger partial charge is 0.342 e. The molecule has 2 heterocycles.